The largest absolute Gasteiger partial charge is 0.315 e. The molecule has 1 aliphatic rings. The van der Waals surface area contributed by atoms with Crippen molar-refractivity contribution in [3.8, 4) is 0 Å². The van der Waals surface area contributed by atoms with Gasteiger partial charge in [0.15, 0.2) is 0 Å². The fourth-order valence-electron chi connectivity index (χ4n) is 2.73. The van der Waals surface area contributed by atoms with Gasteiger partial charge in [-0.3, -0.25) is 0 Å². The summed E-state index contributed by atoms with van der Waals surface area (Å²) in [5.41, 5.74) is 0.454. The van der Waals surface area contributed by atoms with Crippen LogP contribution in [0.25, 0.3) is 0 Å². The summed E-state index contributed by atoms with van der Waals surface area (Å²) in [6.45, 7) is 15.4. The molecule has 0 aliphatic carbocycles. The second-order valence-electron chi connectivity index (χ2n) is 6.74. The lowest BCUT2D eigenvalue weighted by Gasteiger charge is -2.26. The van der Waals surface area contributed by atoms with E-state index in [4.69, 9.17) is 0 Å². The minimum absolute atomic E-state index is 0.454. The summed E-state index contributed by atoms with van der Waals surface area (Å²) in [4.78, 5) is 2.58. The van der Waals surface area contributed by atoms with Gasteiger partial charge in [0.2, 0.25) is 0 Å². The molecule has 1 rings (SSSR count). The van der Waals surface area contributed by atoms with Gasteiger partial charge in [-0.1, -0.05) is 40.0 Å². The number of hydrogen-bond donors (Lipinski definition) is 2. The standard InChI is InChI=1S/C16H35N3/c1-4-5-6-8-16(2,3)15-18-11-14-19-12-7-9-17-10-13-19/h17-18H,4-15H2,1-3H3. The van der Waals surface area contributed by atoms with E-state index in [1.54, 1.807) is 0 Å². The van der Waals surface area contributed by atoms with E-state index in [2.05, 4.69) is 36.3 Å². The third kappa shape index (κ3) is 8.61. The lowest BCUT2D eigenvalue weighted by molar-refractivity contribution is 0.267. The summed E-state index contributed by atoms with van der Waals surface area (Å²) in [6, 6.07) is 0. The molecule has 0 aromatic heterocycles. The van der Waals surface area contributed by atoms with Crippen LogP contribution in [0.15, 0.2) is 0 Å². The summed E-state index contributed by atoms with van der Waals surface area (Å²) >= 11 is 0. The molecule has 0 saturated carbocycles. The van der Waals surface area contributed by atoms with Crippen molar-refractivity contribution >= 4 is 0 Å². The molecule has 0 unspecified atom stereocenters. The molecule has 114 valence electrons. The lowest BCUT2D eigenvalue weighted by Crippen LogP contribution is -2.37. The first kappa shape index (κ1) is 16.9. The van der Waals surface area contributed by atoms with Gasteiger partial charge in [-0.25, -0.2) is 0 Å². The fourth-order valence-corrected chi connectivity index (χ4v) is 2.73. The van der Waals surface area contributed by atoms with Gasteiger partial charge in [0.1, 0.15) is 0 Å². The maximum absolute atomic E-state index is 3.66. The van der Waals surface area contributed by atoms with Gasteiger partial charge >= 0.3 is 0 Å². The molecule has 3 nitrogen and oxygen atoms in total. The quantitative estimate of drug-likeness (QED) is 0.630. The smallest absolute Gasteiger partial charge is 0.0107 e. The van der Waals surface area contributed by atoms with Crippen molar-refractivity contribution < 1.29 is 0 Å². The molecule has 2 N–H and O–H groups in total. The zero-order valence-electron chi connectivity index (χ0n) is 13.4. The van der Waals surface area contributed by atoms with Gasteiger partial charge in [0.05, 0.1) is 0 Å². The second kappa shape index (κ2) is 9.73. The van der Waals surface area contributed by atoms with E-state index >= 15 is 0 Å². The van der Waals surface area contributed by atoms with Crippen LogP contribution in [0.4, 0.5) is 0 Å². The summed E-state index contributed by atoms with van der Waals surface area (Å²) in [5.74, 6) is 0. The molecule has 0 aromatic carbocycles. The first-order valence-electron chi connectivity index (χ1n) is 8.28. The average molecular weight is 269 g/mol. The van der Waals surface area contributed by atoms with Gasteiger partial charge in [-0.2, -0.15) is 0 Å². The zero-order chi connectivity index (χ0) is 14.0. The first-order valence-corrected chi connectivity index (χ1v) is 8.28. The van der Waals surface area contributed by atoms with Crippen molar-refractivity contribution in [2.24, 2.45) is 5.41 Å². The highest BCUT2D eigenvalue weighted by atomic mass is 15.2. The minimum atomic E-state index is 0.454. The molecular weight excluding hydrogens is 234 g/mol. The molecule has 1 fully saturated rings. The Kier molecular flexibility index (Phi) is 8.67. The average Bonchev–Trinajstić information content (AvgIpc) is 2.63. The monoisotopic (exact) mass is 269 g/mol. The van der Waals surface area contributed by atoms with Crippen LogP contribution in [0.3, 0.4) is 0 Å². The van der Waals surface area contributed by atoms with Crippen molar-refractivity contribution in [1.82, 2.24) is 15.5 Å². The van der Waals surface area contributed by atoms with Crippen LogP contribution in [-0.4, -0.2) is 50.7 Å². The molecule has 0 spiro atoms. The number of rotatable bonds is 9. The van der Waals surface area contributed by atoms with Crippen molar-refractivity contribution in [3.05, 3.63) is 0 Å². The van der Waals surface area contributed by atoms with Gasteiger partial charge in [0.25, 0.3) is 0 Å². The number of hydrogen-bond acceptors (Lipinski definition) is 3. The van der Waals surface area contributed by atoms with E-state index in [9.17, 15) is 0 Å². The normalized spacial score (nSPS) is 18.5. The highest BCUT2D eigenvalue weighted by Gasteiger charge is 2.16. The molecule has 0 bridgehead atoms. The Balaban J connectivity index is 2.04. The highest BCUT2D eigenvalue weighted by Crippen LogP contribution is 2.22. The molecule has 3 heteroatoms. The number of nitrogens with zero attached hydrogens (tertiary/aromatic N) is 1. The molecule has 19 heavy (non-hydrogen) atoms. The molecule has 0 atom stereocenters. The van der Waals surface area contributed by atoms with Crippen LogP contribution >= 0.6 is 0 Å². The second-order valence-corrected chi connectivity index (χ2v) is 6.74. The van der Waals surface area contributed by atoms with E-state index in [1.807, 2.05) is 0 Å². The van der Waals surface area contributed by atoms with Gasteiger partial charge in [-0.05, 0) is 31.3 Å². The minimum Gasteiger partial charge on any atom is -0.315 e. The Morgan fingerprint density at radius 1 is 1.16 bits per heavy atom. The number of nitrogens with one attached hydrogen (secondary N) is 2. The Labute approximate surface area is 120 Å². The topological polar surface area (TPSA) is 27.3 Å². The van der Waals surface area contributed by atoms with Crippen LogP contribution in [0, 0.1) is 5.41 Å². The SMILES string of the molecule is CCCCCC(C)(C)CNCCN1CCCNCC1. The predicted molar refractivity (Wildman–Crippen MR) is 84.7 cm³/mol. The summed E-state index contributed by atoms with van der Waals surface area (Å²) in [6.07, 6.45) is 6.73. The molecule has 1 heterocycles. The first-order chi connectivity index (χ1) is 9.14. The van der Waals surface area contributed by atoms with E-state index in [1.165, 1.54) is 58.3 Å². The predicted octanol–water partition coefficient (Wildman–Crippen LogP) is 2.48. The molecule has 0 radical (unpaired) electrons. The van der Waals surface area contributed by atoms with Crippen molar-refractivity contribution in [2.75, 3.05) is 45.8 Å². The summed E-state index contributed by atoms with van der Waals surface area (Å²) in [7, 11) is 0. The van der Waals surface area contributed by atoms with Gasteiger partial charge in [-0.15, -0.1) is 0 Å². The van der Waals surface area contributed by atoms with Crippen LogP contribution in [0.2, 0.25) is 0 Å². The Hall–Kier alpha value is -0.120. The molecule has 0 amide bonds. The zero-order valence-corrected chi connectivity index (χ0v) is 13.4. The van der Waals surface area contributed by atoms with Crippen molar-refractivity contribution in [1.29, 1.82) is 0 Å². The van der Waals surface area contributed by atoms with Crippen molar-refractivity contribution in [3.63, 3.8) is 0 Å². The van der Waals surface area contributed by atoms with E-state index in [0.717, 1.165) is 19.6 Å². The fraction of sp³-hybridized carbons (Fsp3) is 1.00. The van der Waals surface area contributed by atoms with Crippen LogP contribution in [-0.2, 0) is 0 Å². The van der Waals surface area contributed by atoms with Gasteiger partial charge < -0.3 is 15.5 Å². The number of unbranched alkanes of at least 4 members (excludes halogenated alkanes) is 2. The van der Waals surface area contributed by atoms with Crippen molar-refractivity contribution in [2.45, 2.75) is 52.9 Å². The Bertz CT molecular complexity index is 208. The lowest BCUT2D eigenvalue weighted by atomic mass is 9.87. The van der Waals surface area contributed by atoms with Crippen LogP contribution < -0.4 is 10.6 Å². The Morgan fingerprint density at radius 2 is 2.00 bits per heavy atom. The van der Waals surface area contributed by atoms with Crippen LogP contribution in [0.5, 0.6) is 0 Å². The maximum Gasteiger partial charge on any atom is 0.0107 e. The summed E-state index contributed by atoms with van der Waals surface area (Å²) in [5, 5.41) is 7.12. The maximum atomic E-state index is 3.66. The molecular formula is C16H35N3. The molecule has 1 aliphatic heterocycles. The highest BCUT2D eigenvalue weighted by molar-refractivity contribution is 4.73. The van der Waals surface area contributed by atoms with Gasteiger partial charge in [0, 0.05) is 32.7 Å². The third-order valence-corrected chi connectivity index (χ3v) is 4.10. The molecule has 1 saturated heterocycles. The molecule has 0 aromatic rings. The Morgan fingerprint density at radius 3 is 2.79 bits per heavy atom. The van der Waals surface area contributed by atoms with Crippen LogP contribution in [0.1, 0.15) is 52.9 Å². The summed E-state index contributed by atoms with van der Waals surface area (Å²) < 4.78 is 0. The third-order valence-electron chi connectivity index (χ3n) is 4.10. The van der Waals surface area contributed by atoms with E-state index in [0.29, 0.717) is 5.41 Å². The van der Waals surface area contributed by atoms with E-state index < -0.39 is 0 Å². The van der Waals surface area contributed by atoms with E-state index in [-0.39, 0.29) is 0 Å².